The highest BCUT2D eigenvalue weighted by atomic mass is 19.4. The third-order valence-corrected chi connectivity index (χ3v) is 4.28. The number of nitrogens with zero attached hydrogens (tertiary/aromatic N) is 2. The molecule has 2 aliphatic heterocycles. The smallest absolute Gasteiger partial charge is 0.314 e. The van der Waals surface area contributed by atoms with E-state index in [0.717, 1.165) is 32.5 Å². The van der Waals surface area contributed by atoms with Crippen LogP contribution in [0.3, 0.4) is 0 Å². The molecule has 112 valence electrons. The molecule has 3 nitrogen and oxygen atoms in total. The zero-order chi connectivity index (χ0) is 13.9. The van der Waals surface area contributed by atoms with E-state index in [1.54, 1.807) is 4.90 Å². The number of piperazine rings is 1. The Morgan fingerprint density at radius 3 is 2.74 bits per heavy atom. The topological polar surface area (TPSA) is 18.5 Å². The predicted molar refractivity (Wildman–Crippen MR) is 69.1 cm³/mol. The van der Waals surface area contributed by atoms with Crippen LogP contribution in [0.15, 0.2) is 0 Å². The number of hydrogen-bond acceptors (Lipinski definition) is 3. The van der Waals surface area contributed by atoms with Gasteiger partial charge in [-0.15, -0.1) is 0 Å². The largest absolute Gasteiger partial charge is 0.405 e. The number of rotatable bonds is 3. The molecule has 0 aromatic heterocycles. The zero-order valence-corrected chi connectivity index (χ0v) is 11.5. The summed E-state index contributed by atoms with van der Waals surface area (Å²) in [6.45, 7) is 6.95. The lowest BCUT2D eigenvalue weighted by Crippen LogP contribution is -2.59. The van der Waals surface area contributed by atoms with Crippen molar-refractivity contribution in [2.45, 2.75) is 32.0 Å². The Balaban J connectivity index is 1.92. The van der Waals surface area contributed by atoms with E-state index in [-0.39, 0.29) is 6.54 Å². The van der Waals surface area contributed by atoms with Crippen molar-refractivity contribution in [3.05, 3.63) is 0 Å². The quantitative estimate of drug-likeness (QED) is 0.846. The lowest BCUT2D eigenvalue weighted by Gasteiger charge is -2.41. The molecule has 0 aromatic carbocycles. The summed E-state index contributed by atoms with van der Waals surface area (Å²) in [7, 11) is 0. The number of nitrogens with one attached hydrogen (secondary N) is 1. The van der Waals surface area contributed by atoms with Crippen molar-refractivity contribution in [1.29, 1.82) is 0 Å². The molecule has 19 heavy (non-hydrogen) atoms. The zero-order valence-electron chi connectivity index (χ0n) is 11.5. The summed E-state index contributed by atoms with van der Waals surface area (Å²) in [5, 5.41) is 2.86. The first kappa shape index (κ1) is 15.1. The maximum atomic E-state index is 13.0. The van der Waals surface area contributed by atoms with Gasteiger partial charge in [0, 0.05) is 32.7 Å². The first-order valence-corrected chi connectivity index (χ1v) is 7.24. The molecule has 0 bridgehead atoms. The van der Waals surface area contributed by atoms with Crippen LogP contribution in [0.1, 0.15) is 19.8 Å². The van der Waals surface area contributed by atoms with Gasteiger partial charge in [-0.2, -0.15) is 13.2 Å². The fourth-order valence-corrected chi connectivity index (χ4v) is 3.21. The van der Waals surface area contributed by atoms with E-state index in [4.69, 9.17) is 0 Å². The summed E-state index contributed by atoms with van der Waals surface area (Å²) in [5.41, 5.74) is 0. The van der Waals surface area contributed by atoms with Gasteiger partial charge in [-0.1, -0.05) is 6.92 Å². The molecule has 0 spiro atoms. The summed E-state index contributed by atoms with van der Waals surface area (Å²) < 4.78 is 39.0. The Morgan fingerprint density at radius 1 is 1.26 bits per heavy atom. The fourth-order valence-electron chi connectivity index (χ4n) is 3.21. The second-order valence-electron chi connectivity index (χ2n) is 5.66. The van der Waals surface area contributed by atoms with Gasteiger partial charge >= 0.3 is 6.18 Å². The molecule has 2 atom stereocenters. The van der Waals surface area contributed by atoms with Crippen LogP contribution >= 0.6 is 0 Å². The average molecular weight is 279 g/mol. The highest BCUT2D eigenvalue weighted by molar-refractivity contribution is 4.87. The van der Waals surface area contributed by atoms with E-state index in [1.807, 2.05) is 0 Å². The molecule has 2 fully saturated rings. The van der Waals surface area contributed by atoms with Crippen LogP contribution in [0, 0.1) is 5.92 Å². The molecule has 0 radical (unpaired) electrons. The molecule has 0 aliphatic carbocycles. The molecule has 0 amide bonds. The normalized spacial score (nSPS) is 31.6. The van der Waals surface area contributed by atoms with Gasteiger partial charge in [-0.3, -0.25) is 4.90 Å². The maximum Gasteiger partial charge on any atom is 0.405 e. The standard InChI is InChI=1S/C13H24F3N3/c1-2-18-6-3-4-11(9-18)10-19-7-5-17-8-12(19)13(14,15)16/h11-12,17H,2-10H2,1H3. The third-order valence-electron chi connectivity index (χ3n) is 4.28. The lowest BCUT2D eigenvalue weighted by atomic mass is 9.96. The van der Waals surface area contributed by atoms with Crippen molar-refractivity contribution < 1.29 is 13.2 Å². The third kappa shape index (κ3) is 4.07. The van der Waals surface area contributed by atoms with Crippen LogP contribution in [0.4, 0.5) is 13.2 Å². The molecule has 2 heterocycles. The molecule has 1 N–H and O–H groups in total. The van der Waals surface area contributed by atoms with Gasteiger partial charge in [-0.25, -0.2) is 0 Å². The summed E-state index contributed by atoms with van der Waals surface area (Å²) in [6, 6.07) is -1.31. The summed E-state index contributed by atoms with van der Waals surface area (Å²) >= 11 is 0. The van der Waals surface area contributed by atoms with Crippen LogP contribution in [0.5, 0.6) is 0 Å². The molecule has 0 saturated carbocycles. The molecule has 2 aliphatic rings. The number of alkyl halides is 3. The van der Waals surface area contributed by atoms with Gasteiger partial charge in [0.1, 0.15) is 6.04 Å². The van der Waals surface area contributed by atoms with Gasteiger partial charge in [-0.05, 0) is 31.8 Å². The van der Waals surface area contributed by atoms with Crippen molar-refractivity contribution in [2.75, 3.05) is 45.8 Å². The number of piperidine rings is 1. The predicted octanol–water partition coefficient (Wildman–Crippen LogP) is 1.55. The van der Waals surface area contributed by atoms with Crippen molar-refractivity contribution >= 4 is 0 Å². The molecule has 6 heteroatoms. The number of halogens is 3. The SMILES string of the molecule is CCN1CCCC(CN2CCNCC2C(F)(F)F)C1. The minimum atomic E-state index is -4.12. The van der Waals surface area contributed by atoms with E-state index in [9.17, 15) is 13.2 Å². The maximum absolute atomic E-state index is 13.0. The van der Waals surface area contributed by atoms with Crippen molar-refractivity contribution in [2.24, 2.45) is 5.92 Å². The van der Waals surface area contributed by atoms with Crippen LogP contribution in [0.2, 0.25) is 0 Å². The monoisotopic (exact) mass is 279 g/mol. The van der Waals surface area contributed by atoms with E-state index >= 15 is 0 Å². The van der Waals surface area contributed by atoms with E-state index < -0.39 is 12.2 Å². The molecule has 2 saturated heterocycles. The summed E-state index contributed by atoms with van der Waals surface area (Å²) in [6.07, 6.45) is -1.95. The molecular weight excluding hydrogens is 255 g/mol. The van der Waals surface area contributed by atoms with Crippen molar-refractivity contribution in [3.63, 3.8) is 0 Å². The Bertz CT molecular complexity index is 283. The second-order valence-corrected chi connectivity index (χ2v) is 5.66. The minimum absolute atomic E-state index is 0.0354. The Labute approximate surface area is 113 Å². The van der Waals surface area contributed by atoms with E-state index in [1.165, 1.54) is 0 Å². The van der Waals surface area contributed by atoms with Crippen LogP contribution in [-0.4, -0.2) is 67.8 Å². The van der Waals surface area contributed by atoms with E-state index in [2.05, 4.69) is 17.1 Å². The van der Waals surface area contributed by atoms with Gasteiger partial charge < -0.3 is 10.2 Å². The lowest BCUT2D eigenvalue weighted by molar-refractivity contribution is -0.189. The van der Waals surface area contributed by atoms with Gasteiger partial charge in [0.2, 0.25) is 0 Å². The van der Waals surface area contributed by atoms with Crippen LogP contribution < -0.4 is 5.32 Å². The van der Waals surface area contributed by atoms with Crippen LogP contribution in [-0.2, 0) is 0 Å². The number of likely N-dealkylation sites (tertiary alicyclic amines) is 1. The van der Waals surface area contributed by atoms with Crippen LogP contribution in [0.25, 0.3) is 0 Å². The second kappa shape index (κ2) is 6.41. The summed E-state index contributed by atoms with van der Waals surface area (Å²) in [5.74, 6) is 0.386. The first-order chi connectivity index (χ1) is 9.00. The minimum Gasteiger partial charge on any atom is -0.314 e. The Hall–Kier alpha value is -0.330. The van der Waals surface area contributed by atoms with E-state index in [0.29, 0.717) is 25.6 Å². The highest BCUT2D eigenvalue weighted by Crippen LogP contribution is 2.27. The molecule has 0 aromatic rings. The number of hydrogen-bond donors (Lipinski definition) is 1. The first-order valence-electron chi connectivity index (χ1n) is 7.24. The fraction of sp³-hybridized carbons (Fsp3) is 1.00. The Morgan fingerprint density at radius 2 is 2.05 bits per heavy atom. The average Bonchev–Trinajstić information content (AvgIpc) is 2.38. The van der Waals surface area contributed by atoms with Crippen molar-refractivity contribution in [3.8, 4) is 0 Å². The van der Waals surface area contributed by atoms with Crippen molar-refractivity contribution in [1.82, 2.24) is 15.1 Å². The van der Waals surface area contributed by atoms with Gasteiger partial charge in [0.05, 0.1) is 0 Å². The highest BCUT2D eigenvalue weighted by Gasteiger charge is 2.45. The molecule has 2 unspecified atom stereocenters. The van der Waals surface area contributed by atoms with Gasteiger partial charge in [0.25, 0.3) is 0 Å². The summed E-state index contributed by atoms with van der Waals surface area (Å²) in [4.78, 5) is 3.99. The van der Waals surface area contributed by atoms with Gasteiger partial charge in [0.15, 0.2) is 0 Å². The molecular formula is C13H24F3N3. The Kier molecular flexibility index (Phi) is 5.09. The molecule has 2 rings (SSSR count).